The topological polar surface area (TPSA) is 42.1 Å². The van der Waals surface area contributed by atoms with E-state index in [1.54, 1.807) is 6.20 Å². The minimum absolute atomic E-state index is 0.269. The van der Waals surface area contributed by atoms with Gasteiger partial charge in [-0.05, 0) is 36.5 Å². The van der Waals surface area contributed by atoms with Gasteiger partial charge >= 0.3 is 0 Å². The molecule has 1 aromatic carbocycles. The summed E-state index contributed by atoms with van der Waals surface area (Å²) in [6.45, 7) is 6.18. The number of halogens is 1. The Morgan fingerprint density at radius 3 is 2.70 bits per heavy atom. The van der Waals surface area contributed by atoms with Crippen LogP contribution in [0.4, 0.5) is 15.8 Å². The molecule has 4 heteroatoms. The number of benzene rings is 1. The van der Waals surface area contributed by atoms with Gasteiger partial charge < -0.3 is 10.6 Å². The molecule has 0 saturated carbocycles. The van der Waals surface area contributed by atoms with Crippen LogP contribution in [0.3, 0.4) is 0 Å². The summed E-state index contributed by atoms with van der Waals surface area (Å²) in [7, 11) is 0. The van der Waals surface area contributed by atoms with Gasteiger partial charge in [0.1, 0.15) is 0 Å². The molecule has 2 heterocycles. The summed E-state index contributed by atoms with van der Waals surface area (Å²) in [5.74, 6) is 0.860. The Labute approximate surface area is 118 Å². The molecular weight excluding hydrogens is 253 g/mol. The Hall–Kier alpha value is -1.84. The van der Waals surface area contributed by atoms with E-state index >= 15 is 0 Å². The Morgan fingerprint density at radius 1 is 1.30 bits per heavy atom. The van der Waals surface area contributed by atoms with Crippen LogP contribution < -0.4 is 10.6 Å². The van der Waals surface area contributed by atoms with Crippen molar-refractivity contribution in [1.82, 2.24) is 4.98 Å². The molecule has 2 unspecified atom stereocenters. The highest BCUT2D eigenvalue weighted by molar-refractivity contribution is 5.98. The van der Waals surface area contributed by atoms with Gasteiger partial charge in [-0.15, -0.1) is 0 Å². The second kappa shape index (κ2) is 4.93. The lowest BCUT2D eigenvalue weighted by molar-refractivity contribution is 0.355. The maximum atomic E-state index is 14.5. The van der Waals surface area contributed by atoms with Crippen LogP contribution in [0.1, 0.15) is 20.3 Å². The third kappa shape index (κ3) is 2.19. The van der Waals surface area contributed by atoms with Crippen LogP contribution in [-0.4, -0.2) is 18.1 Å². The predicted molar refractivity (Wildman–Crippen MR) is 81.3 cm³/mol. The summed E-state index contributed by atoms with van der Waals surface area (Å²) < 4.78 is 14.5. The van der Waals surface area contributed by atoms with Gasteiger partial charge in [0.2, 0.25) is 0 Å². The van der Waals surface area contributed by atoms with Crippen LogP contribution in [0.2, 0.25) is 0 Å². The van der Waals surface area contributed by atoms with Gasteiger partial charge in [0.05, 0.1) is 11.2 Å². The fourth-order valence-electron chi connectivity index (χ4n) is 3.37. The van der Waals surface area contributed by atoms with Crippen LogP contribution in [0, 0.1) is 17.7 Å². The minimum Gasteiger partial charge on any atom is -0.398 e. The molecule has 0 bridgehead atoms. The number of rotatable bonds is 1. The van der Waals surface area contributed by atoms with Gasteiger partial charge in [-0.25, -0.2) is 4.39 Å². The van der Waals surface area contributed by atoms with E-state index in [4.69, 9.17) is 5.73 Å². The third-order valence-electron chi connectivity index (χ3n) is 4.04. The zero-order valence-electron chi connectivity index (χ0n) is 11.9. The third-order valence-corrected chi connectivity index (χ3v) is 4.04. The smallest absolute Gasteiger partial charge is 0.150 e. The molecule has 1 aliphatic rings. The number of pyridine rings is 1. The zero-order chi connectivity index (χ0) is 14.3. The van der Waals surface area contributed by atoms with Gasteiger partial charge in [0.25, 0.3) is 0 Å². The summed E-state index contributed by atoms with van der Waals surface area (Å²) in [5.41, 5.74) is 7.64. The van der Waals surface area contributed by atoms with E-state index < -0.39 is 0 Å². The minimum atomic E-state index is -0.269. The summed E-state index contributed by atoms with van der Waals surface area (Å²) in [5, 5.41) is 0.828. The Kier molecular flexibility index (Phi) is 3.24. The lowest BCUT2D eigenvalue weighted by Crippen LogP contribution is -2.39. The summed E-state index contributed by atoms with van der Waals surface area (Å²) in [6, 6.07) is 5.16. The molecule has 1 saturated heterocycles. The average Bonchev–Trinajstić information content (AvgIpc) is 2.37. The maximum Gasteiger partial charge on any atom is 0.150 e. The fraction of sp³-hybridized carbons (Fsp3) is 0.438. The fourth-order valence-corrected chi connectivity index (χ4v) is 3.37. The first kappa shape index (κ1) is 13.2. The van der Waals surface area contributed by atoms with E-state index in [2.05, 4.69) is 23.7 Å². The number of hydrogen-bond acceptors (Lipinski definition) is 3. The second-order valence-electron chi connectivity index (χ2n) is 6.05. The van der Waals surface area contributed by atoms with Crippen molar-refractivity contribution < 1.29 is 4.39 Å². The van der Waals surface area contributed by atoms with Gasteiger partial charge in [-0.3, -0.25) is 4.98 Å². The lowest BCUT2D eigenvalue weighted by atomic mass is 9.91. The summed E-state index contributed by atoms with van der Waals surface area (Å²) in [6.07, 6.45) is 2.89. The van der Waals surface area contributed by atoms with Crippen molar-refractivity contribution in [3.05, 3.63) is 30.2 Å². The van der Waals surface area contributed by atoms with E-state index in [0.29, 0.717) is 28.7 Å². The van der Waals surface area contributed by atoms with E-state index in [0.717, 1.165) is 18.5 Å². The van der Waals surface area contributed by atoms with Crippen molar-refractivity contribution >= 4 is 22.3 Å². The standard InChI is InChI=1S/C16H20FN3/c1-10-6-11(2)9-20(8-10)16-13(17)7-14(18)12-4-3-5-19-15(12)16/h3-5,7,10-11H,6,8-9,18H2,1-2H3. The number of fused-ring (bicyclic) bond motifs is 1. The highest BCUT2D eigenvalue weighted by Crippen LogP contribution is 2.35. The van der Waals surface area contributed by atoms with Crippen molar-refractivity contribution in [1.29, 1.82) is 0 Å². The predicted octanol–water partition coefficient (Wildman–Crippen LogP) is 3.44. The quantitative estimate of drug-likeness (QED) is 0.809. The van der Waals surface area contributed by atoms with Gasteiger partial charge in [0.15, 0.2) is 5.82 Å². The van der Waals surface area contributed by atoms with Crippen LogP contribution in [0.25, 0.3) is 10.9 Å². The van der Waals surface area contributed by atoms with Crippen LogP contribution in [-0.2, 0) is 0 Å². The number of nitrogens with zero attached hydrogens (tertiary/aromatic N) is 2. The summed E-state index contributed by atoms with van der Waals surface area (Å²) >= 11 is 0. The Balaban J connectivity index is 2.15. The molecule has 0 amide bonds. The molecule has 3 rings (SSSR count). The number of hydrogen-bond donors (Lipinski definition) is 1. The Bertz CT molecular complexity index is 631. The molecule has 2 N–H and O–H groups in total. The highest BCUT2D eigenvalue weighted by Gasteiger charge is 2.26. The molecule has 1 aliphatic heterocycles. The molecular formula is C16H20FN3. The van der Waals surface area contributed by atoms with Crippen molar-refractivity contribution in [2.45, 2.75) is 20.3 Å². The van der Waals surface area contributed by atoms with Crippen molar-refractivity contribution in [2.24, 2.45) is 11.8 Å². The van der Waals surface area contributed by atoms with E-state index in [-0.39, 0.29) is 5.82 Å². The molecule has 3 nitrogen and oxygen atoms in total. The maximum absolute atomic E-state index is 14.5. The first-order valence-electron chi connectivity index (χ1n) is 7.14. The zero-order valence-corrected chi connectivity index (χ0v) is 11.9. The van der Waals surface area contributed by atoms with Crippen molar-refractivity contribution in [3.63, 3.8) is 0 Å². The van der Waals surface area contributed by atoms with Crippen molar-refractivity contribution in [2.75, 3.05) is 23.7 Å². The molecule has 1 fully saturated rings. The molecule has 2 aromatic rings. The molecule has 2 atom stereocenters. The van der Waals surface area contributed by atoms with Gasteiger partial charge in [0, 0.05) is 30.4 Å². The van der Waals surface area contributed by atoms with Crippen molar-refractivity contribution in [3.8, 4) is 0 Å². The van der Waals surface area contributed by atoms with E-state index in [1.165, 1.54) is 12.5 Å². The molecule has 0 radical (unpaired) electrons. The number of piperidine rings is 1. The molecule has 0 spiro atoms. The second-order valence-corrected chi connectivity index (χ2v) is 6.05. The molecule has 106 valence electrons. The van der Waals surface area contributed by atoms with Gasteiger partial charge in [-0.2, -0.15) is 0 Å². The van der Waals surface area contributed by atoms with Crippen LogP contribution in [0.5, 0.6) is 0 Å². The SMILES string of the molecule is CC1CC(C)CN(c2c(F)cc(N)c3cccnc23)C1. The number of nitrogen functional groups attached to an aromatic ring is 1. The molecule has 0 aliphatic carbocycles. The van der Waals surface area contributed by atoms with Crippen LogP contribution >= 0.6 is 0 Å². The normalized spacial score (nSPS) is 23.2. The first-order chi connectivity index (χ1) is 9.56. The largest absolute Gasteiger partial charge is 0.398 e. The molecule has 20 heavy (non-hydrogen) atoms. The lowest BCUT2D eigenvalue weighted by Gasteiger charge is -2.37. The Morgan fingerprint density at radius 2 is 2.00 bits per heavy atom. The number of aromatic nitrogens is 1. The average molecular weight is 273 g/mol. The van der Waals surface area contributed by atoms with E-state index in [1.807, 2.05) is 12.1 Å². The van der Waals surface area contributed by atoms with E-state index in [9.17, 15) is 4.39 Å². The summed E-state index contributed by atoms with van der Waals surface area (Å²) in [4.78, 5) is 6.49. The number of nitrogens with two attached hydrogens (primary N) is 1. The van der Waals surface area contributed by atoms with Gasteiger partial charge in [-0.1, -0.05) is 13.8 Å². The number of anilines is 2. The monoisotopic (exact) mass is 273 g/mol. The molecule has 1 aromatic heterocycles. The highest BCUT2D eigenvalue weighted by atomic mass is 19.1. The van der Waals surface area contributed by atoms with Crippen LogP contribution in [0.15, 0.2) is 24.4 Å². The first-order valence-corrected chi connectivity index (χ1v) is 7.14.